The smallest absolute Gasteiger partial charge is 0.416 e. The predicted molar refractivity (Wildman–Crippen MR) is 126 cm³/mol. The van der Waals surface area contributed by atoms with E-state index in [1.165, 1.54) is 12.3 Å². The fourth-order valence-electron chi connectivity index (χ4n) is 5.13. The van der Waals surface area contributed by atoms with Gasteiger partial charge in [0.2, 0.25) is 5.91 Å². The highest BCUT2D eigenvalue weighted by atomic mass is 19.4. The van der Waals surface area contributed by atoms with E-state index in [0.29, 0.717) is 31.0 Å². The summed E-state index contributed by atoms with van der Waals surface area (Å²) in [6, 6.07) is 14.9. The van der Waals surface area contributed by atoms with Crippen LogP contribution in [0.2, 0.25) is 0 Å². The number of nitrogens with one attached hydrogen (secondary N) is 1. The maximum atomic E-state index is 13.4. The zero-order valence-corrected chi connectivity index (χ0v) is 19.2. The van der Waals surface area contributed by atoms with Crippen molar-refractivity contribution in [2.45, 2.75) is 25.2 Å². The summed E-state index contributed by atoms with van der Waals surface area (Å²) in [5.41, 5.74) is 1.54. The quantitative estimate of drug-likeness (QED) is 0.577. The third-order valence-electron chi connectivity index (χ3n) is 6.82. The minimum absolute atomic E-state index is 0.207. The molecule has 1 N–H and O–H groups in total. The Morgan fingerprint density at radius 1 is 1.11 bits per heavy atom. The summed E-state index contributed by atoms with van der Waals surface area (Å²) in [5, 5.41) is 2.92. The Morgan fingerprint density at radius 2 is 1.94 bits per heavy atom. The van der Waals surface area contributed by atoms with E-state index in [2.05, 4.69) is 15.1 Å². The average Bonchev–Trinajstić information content (AvgIpc) is 3.39. The first-order valence-corrected chi connectivity index (χ1v) is 11.5. The molecule has 5 rings (SSSR count). The summed E-state index contributed by atoms with van der Waals surface area (Å²) in [5.74, 6) is 0.621. The number of hydrogen-bond donors (Lipinski definition) is 1. The van der Waals surface area contributed by atoms with Crippen LogP contribution >= 0.6 is 0 Å². The zero-order valence-electron chi connectivity index (χ0n) is 19.2. The van der Waals surface area contributed by atoms with Gasteiger partial charge in [-0.15, -0.1) is 0 Å². The maximum Gasteiger partial charge on any atom is 0.416 e. The van der Waals surface area contributed by atoms with Gasteiger partial charge in [-0.3, -0.25) is 4.79 Å². The number of alkyl halides is 3. The van der Waals surface area contributed by atoms with Gasteiger partial charge in [-0.2, -0.15) is 13.2 Å². The number of furan rings is 1. The lowest BCUT2D eigenvalue weighted by Crippen LogP contribution is -2.61. The number of ether oxygens (including phenoxy) is 1. The van der Waals surface area contributed by atoms with E-state index in [4.69, 9.17) is 9.15 Å². The van der Waals surface area contributed by atoms with E-state index in [-0.39, 0.29) is 24.9 Å². The molecule has 1 fully saturated rings. The van der Waals surface area contributed by atoms with Gasteiger partial charge < -0.3 is 24.3 Å². The van der Waals surface area contributed by atoms with Gasteiger partial charge in [0.25, 0.3) is 0 Å². The Balaban J connectivity index is 1.46. The van der Waals surface area contributed by atoms with Crippen molar-refractivity contribution in [2.24, 2.45) is 5.92 Å². The second kappa shape index (κ2) is 9.20. The molecule has 3 aromatic rings. The molecular weight excluding hydrogens is 459 g/mol. The summed E-state index contributed by atoms with van der Waals surface area (Å²) < 4.78 is 51.1. The Kier molecular flexibility index (Phi) is 6.08. The number of anilines is 2. The van der Waals surface area contributed by atoms with E-state index < -0.39 is 17.7 Å². The van der Waals surface area contributed by atoms with E-state index in [9.17, 15) is 18.0 Å². The van der Waals surface area contributed by atoms with Crippen molar-refractivity contribution in [3.05, 3.63) is 77.7 Å². The van der Waals surface area contributed by atoms with E-state index in [1.807, 2.05) is 24.3 Å². The molecule has 2 aliphatic rings. The number of methoxy groups -OCH3 is 1. The zero-order chi connectivity index (χ0) is 24.6. The number of piperazine rings is 1. The van der Waals surface area contributed by atoms with Gasteiger partial charge in [-0.25, -0.2) is 0 Å². The van der Waals surface area contributed by atoms with Crippen LogP contribution in [0.25, 0.3) is 0 Å². The molecule has 35 heavy (non-hydrogen) atoms. The molecule has 2 aliphatic heterocycles. The lowest BCUT2D eigenvalue weighted by molar-refractivity contribution is -0.137. The number of halogens is 3. The largest absolute Gasteiger partial charge is 0.495 e. The number of nitrogens with zero attached hydrogens (tertiary/aromatic N) is 2. The van der Waals surface area contributed by atoms with Crippen LogP contribution in [0.15, 0.2) is 65.3 Å². The van der Waals surface area contributed by atoms with Gasteiger partial charge >= 0.3 is 6.18 Å². The molecule has 2 aromatic carbocycles. The molecule has 1 saturated heterocycles. The number of benzene rings is 2. The van der Waals surface area contributed by atoms with Crippen LogP contribution in [0.4, 0.5) is 24.5 Å². The molecule has 0 saturated carbocycles. The third-order valence-corrected chi connectivity index (χ3v) is 6.82. The first kappa shape index (κ1) is 23.1. The van der Waals surface area contributed by atoms with Gasteiger partial charge in [0.05, 0.1) is 43.1 Å². The van der Waals surface area contributed by atoms with Crippen LogP contribution in [0, 0.1) is 5.92 Å². The summed E-state index contributed by atoms with van der Waals surface area (Å²) in [6.45, 7) is 1.99. The predicted octanol–water partition coefficient (Wildman–Crippen LogP) is 4.49. The molecular formula is C26H26F3N3O3. The molecule has 0 spiro atoms. The first-order chi connectivity index (χ1) is 16.8. The molecule has 6 nitrogen and oxygen atoms in total. The number of rotatable bonds is 5. The lowest BCUT2D eigenvalue weighted by Gasteiger charge is -2.49. The number of carbonyl (C=O) groups excluding carboxylic acids is 1. The lowest BCUT2D eigenvalue weighted by atomic mass is 9.82. The van der Waals surface area contributed by atoms with Gasteiger partial charge in [0.15, 0.2) is 0 Å². The summed E-state index contributed by atoms with van der Waals surface area (Å²) in [7, 11) is 1.62. The van der Waals surface area contributed by atoms with Crippen molar-refractivity contribution in [3.63, 3.8) is 0 Å². The Bertz CT molecular complexity index is 1200. The van der Waals surface area contributed by atoms with Gasteiger partial charge in [-0.1, -0.05) is 12.1 Å². The van der Waals surface area contributed by atoms with Crippen LogP contribution in [-0.2, 0) is 23.9 Å². The number of amides is 1. The van der Waals surface area contributed by atoms with Crippen LogP contribution in [-0.4, -0.2) is 38.7 Å². The molecule has 3 heterocycles. The van der Waals surface area contributed by atoms with Crippen LogP contribution in [0.5, 0.6) is 5.75 Å². The number of para-hydroxylation sites is 2. The van der Waals surface area contributed by atoms with Crippen LogP contribution < -0.4 is 19.9 Å². The number of fused-ring (bicyclic) bond motifs is 3. The average molecular weight is 486 g/mol. The summed E-state index contributed by atoms with van der Waals surface area (Å²) in [4.78, 5) is 17.6. The normalized spacial score (nSPS) is 19.7. The summed E-state index contributed by atoms with van der Waals surface area (Å²) in [6.07, 6.45) is -2.68. The van der Waals surface area contributed by atoms with Crippen molar-refractivity contribution in [1.29, 1.82) is 0 Å². The van der Waals surface area contributed by atoms with Gasteiger partial charge in [0.1, 0.15) is 11.5 Å². The SMILES string of the molecule is COc1ccccc1N1CCN2c3ccc(C(F)(F)F)cc3C[C@@H](C(=O)NCc3ccco3)[C@@H]2C1. The molecule has 1 aromatic heterocycles. The molecule has 0 bridgehead atoms. The summed E-state index contributed by atoms with van der Waals surface area (Å²) >= 11 is 0. The molecule has 2 atom stereocenters. The standard InChI is InChI=1S/C26H26F3N3O3/c1-34-24-7-3-2-6-22(24)31-10-11-32-21-9-8-18(26(27,28)29)13-17(21)14-20(23(32)16-31)25(33)30-15-19-5-4-12-35-19/h2-9,12-13,20,23H,10-11,14-16H2,1H3,(H,30,33)/t20-,23+/m1/s1. The highest BCUT2D eigenvalue weighted by molar-refractivity contribution is 5.82. The van der Waals surface area contributed by atoms with Crippen molar-refractivity contribution < 1.29 is 27.1 Å². The Morgan fingerprint density at radius 3 is 2.69 bits per heavy atom. The van der Waals surface area contributed by atoms with Gasteiger partial charge in [0, 0.05) is 25.3 Å². The topological polar surface area (TPSA) is 58.0 Å². The van der Waals surface area contributed by atoms with Gasteiger partial charge in [-0.05, 0) is 54.4 Å². The highest BCUT2D eigenvalue weighted by Gasteiger charge is 2.43. The van der Waals surface area contributed by atoms with Crippen molar-refractivity contribution in [2.75, 3.05) is 36.5 Å². The maximum absolute atomic E-state index is 13.4. The molecule has 1 amide bonds. The molecule has 9 heteroatoms. The van der Waals surface area contributed by atoms with E-state index in [1.54, 1.807) is 25.3 Å². The first-order valence-electron chi connectivity index (χ1n) is 11.5. The van der Waals surface area contributed by atoms with Crippen molar-refractivity contribution in [1.82, 2.24) is 5.32 Å². The second-order valence-corrected chi connectivity index (χ2v) is 8.83. The van der Waals surface area contributed by atoms with E-state index >= 15 is 0 Å². The molecule has 184 valence electrons. The number of carbonyl (C=O) groups is 1. The Hall–Kier alpha value is -3.62. The number of hydrogen-bond acceptors (Lipinski definition) is 5. The minimum atomic E-state index is -4.44. The fraction of sp³-hybridized carbons (Fsp3) is 0.346. The minimum Gasteiger partial charge on any atom is -0.495 e. The van der Waals surface area contributed by atoms with E-state index in [0.717, 1.165) is 23.2 Å². The van der Waals surface area contributed by atoms with Crippen LogP contribution in [0.3, 0.4) is 0 Å². The highest BCUT2D eigenvalue weighted by Crippen LogP contribution is 2.41. The van der Waals surface area contributed by atoms with Crippen LogP contribution in [0.1, 0.15) is 16.9 Å². The second-order valence-electron chi connectivity index (χ2n) is 8.83. The third kappa shape index (κ3) is 4.54. The molecule has 0 radical (unpaired) electrons. The van der Waals surface area contributed by atoms with Crippen molar-refractivity contribution in [3.8, 4) is 5.75 Å². The monoisotopic (exact) mass is 485 g/mol. The molecule has 0 unspecified atom stereocenters. The molecule has 0 aliphatic carbocycles. The fourth-order valence-corrected chi connectivity index (χ4v) is 5.13. The Labute approximate surface area is 201 Å². The van der Waals surface area contributed by atoms with Crippen molar-refractivity contribution >= 4 is 17.3 Å².